The van der Waals surface area contributed by atoms with Gasteiger partial charge in [-0.2, -0.15) is 0 Å². The van der Waals surface area contributed by atoms with E-state index in [0.29, 0.717) is 17.8 Å². The summed E-state index contributed by atoms with van der Waals surface area (Å²) in [6, 6.07) is 10.4. The second kappa shape index (κ2) is 7.60. The van der Waals surface area contributed by atoms with Gasteiger partial charge in [0.15, 0.2) is 0 Å². The molecule has 0 radical (unpaired) electrons. The average molecular weight is 403 g/mol. The highest BCUT2D eigenvalue weighted by atomic mass is 16.5. The van der Waals surface area contributed by atoms with Gasteiger partial charge in [0.2, 0.25) is 0 Å². The first-order valence-corrected chi connectivity index (χ1v) is 11.9. The van der Waals surface area contributed by atoms with Crippen LogP contribution in [0.15, 0.2) is 42.0 Å². The number of rotatable bonds is 2. The molecule has 0 unspecified atom stereocenters. The van der Waals surface area contributed by atoms with Gasteiger partial charge in [-0.15, -0.1) is 0 Å². The summed E-state index contributed by atoms with van der Waals surface area (Å²) < 4.78 is 5.37. The van der Waals surface area contributed by atoms with Gasteiger partial charge >= 0.3 is 0 Å². The van der Waals surface area contributed by atoms with Crippen molar-refractivity contribution < 1.29 is 9.53 Å². The van der Waals surface area contributed by atoms with Crippen molar-refractivity contribution in [2.24, 2.45) is 34.5 Å². The van der Waals surface area contributed by atoms with Crippen LogP contribution in [0.5, 0.6) is 0 Å². The molecule has 3 saturated carbocycles. The Labute approximate surface area is 181 Å². The Balaban J connectivity index is 1.35. The molecule has 158 valence electrons. The van der Waals surface area contributed by atoms with Crippen molar-refractivity contribution >= 4 is 6.47 Å². The van der Waals surface area contributed by atoms with E-state index < -0.39 is 0 Å². The number of hydrogen-bond donors (Lipinski definition) is 0. The molecular weight excluding hydrogens is 368 g/mol. The normalized spacial score (nSPS) is 41.9. The second-order valence-corrected chi connectivity index (χ2v) is 10.7. The first-order valence-electron chi connectivity index (χ1n) is 11.9. The van der Waals surface area contributed by atoms with Gasteiger partial charge in [0, 0.05) is 16.6 Å². The predicted molar refractivity (Wildman–Crippen MR) is 119 cm³/mol. The molecule has 2 nitrogen and oxygen atoms in total. The van der Waals surface area contributed by atoms with E-state index in [9.17, 15) is 4.79 Å². The predicted octanol–water partition coefficient (Wildman–Crippen LogP) is 6.16. The molecule has 4 aliphatic rings. The summed E-state index contributed by atoms with van der Waals surface area (Å²) in [5, 5.41) is 0. The summed E-state index contributed by atoms with van der Waals surface area (Å²) in [6.45, 7) is 5.72. The van der Waals surface area contributed by atoms with E-state index in [4.69, 9.17) is 4.74 Å². The zero-order valence-corrected chi connectivity index (χ0v) is 18.4. The molecular formula is C28H34O2. The van der Waals surface area contributed by atoms with Crippen molar-refractivity contribution in [2.75, 3.05) is 0 Å². The second-order valence-electron chi connectivity index (χ2n) is 10.7. The molecule has 0 N–H and O–H groups in total. The molecule has 1 aromatic rings. The minimum absolute atomic E-state index is 0.152. The summed E-state index contributed by atoms with van der Waals surface area (Å²) in [5.74, 6) is 10.1. The van der Waals surface area contributed by atoms with Crippen LogP contribution >= 0.6 is 0 Å². The maximum Gasteiger partial charge on any atom is 0.293 e. The lowest BCUT2D eigenvalue weighted by Gasteiger charge is -2.60. The van der Waals surface area contributed by atoms with E-state index in [1.165, 1.54) is 44.1 Å². The number of fused-ring (bicyclic) bond motifs is 5. The summed E-state index contributed by atoms with van der Waals surface area (Å²) in [7, 11) is 0. The summed E-state index contributed by atoms with van der Waals surface area (Å²) in [6.07, 6.45) is 12.4. The van der Waals surface area contributed by atoms with Crippen LogP contribution in [0, 0.1) is 46.3 Å². The molecule has 5 rings (SSSR count). The number of allylic oxidation sites excluding steroid dienone is 2. The minimum atomic E-state index is 0.152. The van der Waals surface area contributed by atoms with Crippen LogP contribution in [0.3, 0.4) is 0 Å². The average Bonchev–Trinajstić information content (AvgIpc) is 3.10. The van der Waals surface area contributed by atoms with Gasteiger partial charge in [-0.1, -0.05) is 50.0 Å². The maximum atomic E-state index is 10.8. The van der Waals surface area contributed by atoms with Crippen LogP contribution in [0.1, 0.15) is 70.8 Å². The van der Waals surface area contributed by atoms with Gasteiger partial charge in [-0.3, -0.25) is 4.79 Å². The van der Waals surface area contributed by atoms with Crippen molar-refractivity contribution in [3.8, 4) is 11.8 Å². The first-order chi connectivity index (χ1) is 14.5. The minimum Gasteiger partial charge on any atom is -0.465 e. The quantitative estimate of drug-likeness (QED) is 0.437. The van der Waals surface area contributed by atoms with Crippen LogP contribution in [-0.4, -0.2) is 12.6 Å². The zero-order valence-electron chi connectivity index (χ0n) is 18.4. The molecule has 7 atom stereocenters. The molecule has 0 heterocycles. The van der Waals surface area contributed by atoms with E-state index in [0.717, 1.165) is 36.2 Å². The molecule has 0 saturated heterocycles. The van der Waals surface area contributed by atoms with Gasteiger partial charge in [-0.25, -0.2) is 0 Å². The van der Waals surface area contributed by atoms with Crippen molar-refractivity contribution in [1.82, 2.24) is 0 Å². The Morgan fingerprint density at radius 2 is 1.83 bits per heavy atom. The van der Waals surface area contributed by atoms with Crippen molar-refractivity contribution in [1.29, 1.82) is 0 Å². The number of carbonyl (C=O) groups excluding carboxylic acids is 1. The summed E-state index contributed by atoms with van der Waals surface area (Å²) in [5.41, 5.74) is 3.18. The topological polar surface area (TPSA) is 26.3 Å². The van der Waals surface area contributed by atoms with Gasteiger partial charge in [0.25, 0.3) is 6.47 Å². The van der Waals surface area contributed by atoms with Crippen molar-refractivity contribution in [3.63, 3.8) is 0 Å². The highest BCUT2D eigenvalue weighted by Gasteiger charge is 2.58. The van der Waals surface area contributed by atoms with Crippen LogP contribution in [0.2, 0.25) is 0 Å². The SMILES string of the molecule is C[C@]12CC[C@@H](OC=O)C[C@@H]1CC[C@H]1[C@H]3CC=C(C#Cc4ccccc4)[C@]3(C)CC[C@@H]12. The lowest BCUT2D eigenvalue weighted by Crippen LogP contribution is -2.53. The number of carbonyl (C=O) groups is 1. The summed E-state index contributed by atoms with van der Waals surface area (Å²) in [4.78, 5) is 10.8. The van der Waals surface area contributed by atoms with Crippen molar-refractivity contribution in [3.05, 3.63) is 47.5 Å². The van der Waals surface area contributed by atoms with Gasteiger partial charge in [-0.05, 0) is 92.6 Å². The van der Waals surface area contributed by atoms with Gasteiger partial charge in [0.1, 0.15) is 6.10 Å². The smallest absolute Gasteiger partial charge is 0.293 e. The molecule has 0 bridgehead atoms. The molecule has 4 aliphatic carbocycles. The van der Waals surface area contributed by atoms with Gasteiger partial charge < -0.3 is 4.74 Å². The molecule has 1 aromatic carbocycles. The Morgan fingerprint density at radius 3 is 2.63 bits per heavy atom. The first kappa shape index (κ1) is 19.9. The monoisotopic (exact) mass is 402 g/mol. The van der Waals surface area contributed by atoms with Crippen LogP contribution in [0.25, 0.3) is 0 Å². The highest BCUT2D eigenvalue weighted by molar-refractivity contribution is 5.45. The highest BCUT2D eigenvalue weighted by Crippen LogP contribution is 2.66. The largest absolute Gasteiger partial charge is 0.465 e. The third kappa shape index (κ3) is 3.13. The number of ether oxygens (including phenoxy) is 1. The Bertz CT molecular complexity index is 890. The van der Waals surface area contributed by atoms with E-state index in [2.05, 4.69) is 56.0 Å². The van der Waals surface area contributed by atoms with E-state index in [-0.39, 0.29) is 11.5 Å². The molecule has 0 amide bonds. The third-order valence-electron chi connectivity index (χ3n) is 9.56. The van der Waals surface area contributed by atoms with E-state index in [1.54, 1.807) is 0 Å². The fourth-order valence-corrected chi connectivity index (χ4v) is 7.84. The lowest BCUT2D eigenvalue weighted by molar-refractivity contribution is -0.147. The molecule has 30 heavy (non-hydrogen) atoms. The zero-order chi connectivity index (χ0) is 20.8. The van der Waals surface area contributed by atoms with E-state index >= 15 is 0 Å². The fourth-order valence-electron chi connectivity index (χ4n) is 7.84. The fraction of sp³-hybridized carbons (Fsp3) is 0.607. The molecule has 0 aromatic heterocycles. The maximum absolute atomic E-state index is 10.8. The molecule has 3 fully saturated rings. The number of benzene rings is 1. The van der Waals surface area contributed by atoms with Crippen LogP contribution in [-0.2, 0) is 9.53 Å². The number of hydrogen-bond acceptors (Lipinski definition) is 2. The summed E-state index contributed by atoms with van der Waals surface area (Å²) >= 11 is 0. The lowest BCUT2D eigenvalue weighted by atomic mass is 9.44. The molecule has 0 aliphatic heterocycles. The standard InChI is InChI=1S/C28H34O2/c1-27-17-15-26-24(12-10-22-18-23(30-19-29)14-16-28(22,26)2)25(27)13-11-21(27)9-8-20-6-4-3-5-7-20/h3-7,11,19,22-26H,10,12-18H2,1-2H3/t22-,23+,24-,25+,26-,27-,28-/m0/s1. The van der Waals surface area contributed by atoms with E-state index in [1.807, 2.05) is 6.07 Å². The Hall–Kier alpha value is -2.01. The van der Waals surface area contributed by atoms with Crippen LogP contribution < -0.4 is 0 Å². The van der Waals surface area contributed by atoms with Crippen molar-refractivity contribution in [2.45, 2.75) is 71.3 Å². The molecule has 2 heteroatoms. The Morgan fingerprint density at radius 1 is 1.00 bits per heavy atom. The molecule has 0 spiro atoms. The Kier molecular flexibility index (Phi) is 5.04. The van der Waals surface area contributed by atoms with Gasteiger partial charge in [0.05, 0.1) is 0 Å². The van der Waals surface area contributed by atoms with Crippen LogP contribution in [0.4, 0.5) is 0 Å². The third-order valence-corrected chi connectivity index (χ3v) is 9.56.